The van der Waals surface area contributed by atoms with Crippen LogP contribution in [-0.4, -0.2) is 14.8 Å². The Kier molecular flexibility index (Phi) is 2.78. The van der Waals surface area contributed by atoms with Crippen molar-refractivity contribution in [1.29, 1.82) is 0 Å². The van der Waals surface area contributed by atoms with Crippen molar-refractivity contribution in [3.8, 4) is 5.82 Å². The van der Waals surface area contributed by atoms with Crippen LogP contribution in [0.1, 0.15) is 11.4 Å². The van der Waals surface area contributed by atoms with Gasteiger partial charge in [-0.1, -0.05) is 0 Å². The van der Waals surface area contributed by atoms with Crippen LogP contribution in [0.4, 0.5) is 5.69 Å². The van der Waals surface area contributed by atoms with E-state index in [0.717, 1.165) is 38.3 Å². The first-order valence-electron chi connectivity index (χ1n) is 5.94. The van der Waals surface area contributed by atoms with Crippen LogP contribution in [0.5, 0.6) is 0 Å². The number of nitrogens with two attached hydrogens (primary N) is 1. The number of hydrogen-bond acceptors (Lipinski definition) is 3. The molecule has 1 aromatic carbocycles. The fraction of sp³-hybridized carbons (Fsp3) is 0.143. The molecule has 0 spiro atoms. The van der Waals surface area contributed by atoms with E-state index in [1.165, 1.54) is 0 Å². The number of nitrogens with zero attached hydrogens (tertiary/aromatic N) is 3. The third kappa shape index (κ3) is 2.00. The molecule has 3 aromatic rings. The highest BCUT2D eigenvalue weighted by Crippen LogP contribution is 2.23. The summed E-state index contributed by atoms with van der Waals surface area (Å²) in [4.78, 5) is 4.63. The van der Waals surface area contributed by atoms with Crippen LogP contribution in [0.15, 0.2) is 34.8 Å². The first-order chi connectivity index (χ1) is 9.06. The summed E-state index contributed by atoms with van der Waals surface area (Å²) in [6, 6.07) is 9.67. The third-order valence-corrected chi connectivity index (χ3v) is 4.27. The van der Waals surface area contributed by atoms with E-state index in [9.17, 15) is 0 Å². The maximum absolute atomic E-state index is 5.77. The summed E-state index contributed by atoms with van der Waals surface area (Å²) in [7, 11) is 0. The van der Waals surface area contributed by atoms with Crippen molar-refractivity contribution in [1.82, 2.24) is 14.8 Å². The summed E-state index contributed by atoms with van der Waals surface area (Å²) in [5, 5.41) is 5.52. The largest absolute Gasteiger partial charge is 0.399 e. The van der Waals surface area contributed by atoms with Crippen LogP contribution in [0.25, 0.3) is 16.7 Å². The number of nitrogen functional groups attached to an aromatic ring is 1. The van der Waals surface area contributed by atoms with Crippen molar-refractivity contribution in [3.05, 3.63) is 46.2 Å². The number of halogens is 1. The maximum Gasteiger partial charge on any atom is 0.154 e. The second-order valence-electron chi connectivity index (χ2n) is 4.52. The standard InChI is InChI=1S/C14H13BrN4/c1-8-14(15)9(2)19(18-8)13-6-3-10-7-11(16)4-5-12(10)17-13/h3-7H,16H2,1-2H3. The second kappa shape index (κ2) is 4.35. The van der Waals surface area contributed by atoms with E-state index in [2.05, 4.69) is 26.0 Å². The lowest BCUT2D eigenvalue weighted by molar-refractivity contribution is 0.810. The number of pyridine rings is 1. The molecular formula is C14H13BrN4. The van der Waals surface area contributed by atoms with Gasteiger partial charge in [-0.25, -0.2) is 9.67 Å². The molecule has 0 unspecified atom stereocenters. The van der Waals surface area contributed by atoms with Crippen LogP contribution in [-0.2, 0) is 0 Å². The van der Waals surface area contributed by atoms with Gasteiger partial charge in [0, 0.05) is 11.1 Å². The fourth-order valence-electron chi connectivity index (χ4n) is 2.10. The number of fused-ring (bicyclic) bond motifs is 1. The lowest BCUT2D eigenvalue weighted by Crippen LogP contribution is -2.02. The van der Waals surface area contributed by atoms with Gasteiger partial charge in [0.05, 0.1) is 21.4 Å². The van der Waals surface area contributed by atoms with Gasteiger partial charge in [0.1, 0.15) is 0 Å². The van der Waals surface area contributed by atoms with Crippen LogP contribution < -0.4 is 5.73 Å². The molecular weight excluding hydrogens is 304 g/mol. The van der Waals surface area contributed by atoms with Crippen molar-refractivity contribution >= 4 is 32.5 Å². The Morgan fingerprint density at radius 2 is 1.95 bits per heavy atom. The van der Waals surface area contributed by atoms with Crippen molar-refractivity contribution in [2.75, 3.05) is 5.73 Å². The predicted octanol–water partition coefficient (Wildman–Crippen LogP) is 3.38. The summed E-state index contributed by atoms with van der Waals surface area (Å²) in [5.74, 6) is 0.809. The molecule has 2 heterocycles. The molecule has 0 saturated heterocycles. The van der Waals surface area contributed by atoms with Gasteiger partial charge in [0.2, 0.25) is 0 Å². The molecule has 3 rings (SSSR count). The Morgan fingerprint density at radius 1 is 1.16 bits per heavy atom. The molecule has 0 aliphatic rings. The van der Waals surface area contributed by atoms with Crippen LogP contribution in [0.3, 0.4) is 0 Å². The quantitative estimate of drug-likeness (QED) is 0.700. The zero-order valence-corrected chi connectivity index (χ0v) is 12.3. The molecule has 5 heteroatoms. The highest BCUT2D eigenvalue weighted by Gasteiger charge is 2.11. The van der Waals surface area contributed by atoms with Gasteiger partial charge in [-0.05, 0) is 60.1 Å². The fourth-order valence-corrected chi connectivity index (χ4v) is 2.35. The Hall–Kier alpha value is -1.88. The number of anilines is 1. The molecule has 4 nitrogen and oxygen atoms in total. The average Bonchev–Trinajstić information content (AvgIpc) is 2.66. The summed E-state index contributed by atoms with van der Waals surface area (Å²) in [6.45, 7) is 3.98. The molecule has 96 valence electrons. The average molecular weight is 317 g/mol. The van der Waals surface area contributed by atoms with Crippen molar-refractivity contribution in [2.45, 2.75) is 13.8 Å². The Balaban J connectivity index is 2.20. The van der Waals surface area contributed by atoms with E-state index < -0.39 is 0 Å². The van der Waals surface area contributed by atoms with Gasteiger partial charge in [-0.3, -0.25) is 0 Å². The molecule has 0 atom stereocenters. The lowest BCUT2D eigenvalue weighted by atomic mass is 10.2. The Morgan fingerprint density at radius 3 is 2.63 bits per heavy atom. The van der Waals surface area contributed by atoms with Crippen molar-refractivity contribution < 1.29 is 0 Å². The third-order valence-electron chi connectivity index (χ3n) is 3.12. The van der Waals surface area contributed by atoms with Crippen LogP contribution in [0, 0.1) is 13.8 Å². The van der Waals surface area contributed by atoms with Gasteiger partial charge in [-0.15, -0.1) is 0 Å². The summed E-state index contributed by atoms with van der Waals surface area (Å²) < 4.78 is 2.86. The zero-order chi connectivity index (χ0) is 13.6. The van der Waals surface area contributed by atoms with E-state index in [1.807, 2.05) is 48.9 Å². The first kappa shape index (κ1) is 12.2. The van der Waals surface area contributed by atoms with Crippen LogP contribution in [0.2, 0.25) is 0 Å². The number of hydrogen-bond donors (Lipinski definition) is 1. The first-order valence-corrected chi connectivity index (χ1v) is 6.74. The molecule has 0 bridgehead atoms. The van der Waals surface area contributed by atoms with Crippen molar-refractivity contribution in [3.63, 3.8) is 0 Å². The molecule has 2 aromatic heterocycles. The Labute approximate surface area is 119 Å². The molecule has 0 radical (unpaired) electrons. The topological polar surface area (TPSA) is 56.7 Å². The van der Waals surface area contributed by atoms with Gasteiger partial charge in [0.25, 0.3) is 0 Å². The van der Waals surface area contributed by atoms with E-state index in [-0.39, 0.29) is 0 Å². The number of aromatic nitrogens is 3. The second-order valence-corrected chi connectivity index (χ2v) is 5.31. The monoisotopic (exact) mass is 316 g/mol. The molecule has 0 amide bonds. The number of rotatable bonds is 1. The van der Waals surface area contributed by atoms with Gasteiger partial charge < -0.3 is 5.73 Å². The van der Waals surface area contributed by atoms with Crippen LogP contribution >= 0.6 is 15.9 Å². The SMILES string of the molecule is Cc1nn(-c2ccc3cc(N)ccc3n2)c(C)c1Br. The van der Waals surface area contributed by atoms with E-state index >= 15 is 0 Å². The van der Waals surface area contributed by atoms with Gasteiger partial charge >= 0.3 is 0 Å². The van der Waals surface area contributed by atoms with E-state index in [0.29, 0.717) is 0 Å². The molecule has 0 aliphatic heterocycles. The summed E-state index contributed by atoms with van der Waals surface area (Å²) >= 11 is 3.53. The highest BCUT2D eigenvalue weighted by molar-refractivity contribution is 9.10. The lowest BCUT2D eigenvalue weighted by Gasteiger charge is -2.05. The van der Waals surface area contributed by atoms with Gasteiger partial charge in [0.15, 0.2) is 5.82 Å². The molecule has 0 aliphatic carbocycles. The molecule has 2 N–H and O–H groups in total. The smallest absolute Gasteiger partial charge is 0.154 e. The summed E-state index contributed by atoms with van der Waals surface area (Å²) in [6.07, 6.45) is 0. The van der Waals surface area contributed by atoms with Crippen molar-refractivity contribution in [2.24, 2.45) is 0 Å². The highest BCUT2D eigenvalue weighted by atomic mass is 79.9. The molecule has 0 saturated carbocycles. The molecule has 0 fully saturated rings. The zero-order valence-electron chi connectivity index (χ0n) is 10.7. The van der Waals surface area contributed by atoms with E-state index in [4.69, 9.17) is 5.73 Å². The minimum Gasteiger partial charge on any atom is -0.399 e. The summed E-state index contributed by atoms with van der Waals surface area (Å²) in [5.41, 5.74) is 9.42. The van der Waals surface area contributed by atoms with E-state index in [1.54, 1.807) is 0 Å². The molecule has 19 heavy (non-hydrogen) atoms. The Bertz CT molecular complexity index is 776. The minimum atomic E-state index is 0.746. The maximum atomic E-state index is 5.77. The predicted molar refractivity (Wildman–Crippen MR) is 80.5 cm³/mol. The minimum absolute atomic E-state index is 0.746. The number of benzene rings is 1. The number of aryl methyl sites for hydroxylation is 1. The normalized spacial score (nSPS) is 11.1. The van der Waals surface area contributed by atoms with Gasteiger partial charge in [-0.2, -0.15) is 5.10 Å².